The van der Waals surface area contributed by atoms with E-state index in [1.165, 1.54) is 4.31 Å². The Morgan fingerprint density at radius 2 is 1.46 bits per heavy atom. The molecule has 0 bridgehead atoms. The van der Waals surface area contributed by atoms with Crippen LogP contribution in [0.1, 0.15) is 21.5 Å². The van der Waals surface area contributed by atoms with Crippen molar-refractivity contribution in [2.75, 3.05) is 16.7 Å². The number of hydrogen-bond acceptors (Lipinski definition) is 4. The Kier molecular flexibility index (Phi) is 7.17. The van der Waals surface area contributed by atoms with Gasteiger partial charge in [-0.25, -0.2) is 8.42 Å². The molecule has 35 heavy (non-hydrogen) atoms. The molecule has 0 saturated heterocycles. The molecule has 4 aromatic rings. The molecular weight excluding hydrogens is 460 g/mol. The lowest BCUT2D eigenvalue weighted by atomic mass is 10.1. The normalized spacial score (nSPS) is 11.0. The summed E-state index contributed by atoms with van der Waals surface area (Å²) < 4.78 is 34.1. The maximum Gasteiger partial charge on any atom is 0.264 e. The fourth-order valence-electron chi connectivity index (χ4n) is 3.64. The van der Waals surface area contributed by atoms with Crippen molar-refractivity contribution in [2.24, 2.45) is 0 Å². The topological polar surface area (TPSA) is 75.7 Å². The number of carbonyl (C=O) groups is 1. The molecule has 0 aliphatic heterocycles. The van der Waals surface area contributed by atoms with E-state index in [0.29, 0.717) is 17.1 Å². The summed E-state index contributed by atoms with van der Waals surface area (Å²) in [5.41, 5.74) is 2.87. The summed E-state index contributed by atoms with van der Waals surface area (Å²) >= 11 is 0. The van der Waals surface area contributed by atoms with Gasteiger partial charge in [0, 0.05) is 5.69 Å². The number of rotatable bonds is 8. The smallest absolute Gasteiger partial charge is 0.264 e. The fraction of sp³-hybridized carbons (Fsp3) is 0.107. The van der Waals surface area contributed by atoms with E-state index in [0.717, 1.165) is 11.1 Å². The third-order valence-electron chi connectivity index (χ3n) is 5.54. The number of carbonyl (C=O) groups excluding carboxylic acids is 1. The molecule has 1 N–H and O–H groups in total. The molecule has 0 unspecified atom stereocenters. The Balaban J connectivity index is 1.76. The molecular formula is C28H26N2O4S. The third-order valence-corrected chi connectivity index (χ3v) is 7.32. The van der Waals surface area contributed by atoms with Crippen LogP contribution in [0.4, 0.5) is 11.4 Å². The Morgan fingerprint density at radius 3 is 2.11 bits per heavy atom. The highest BCUT2D eigenvalue weighted by Crippen LogP contribution is 2.30. The van der Waals surface area contributed by atoms with Crippen LogP contribution in [-0.2, 0) is 16.6 Å². The fourth-order valence-corrected chi connectivity index (χ4v) is 5.11. The van der Waals surface area contributed by atoms with Gasteiger partial charge in [0.15, 0.2) is 0 Å². The molecule has 4 aromatic carbocycles. The first-order valence-electron chi connectivity index (χ1n) is 11.1. The molecule has 0 heterocycles. The number of aryl methyl sites for hydroxylation is 1. The zero-order chi connectivity index (χ0) is 24.8. The summed E-state index contributed by atoms with van der Waals surface area (Å²) in [4.78, 5) is 13.4. The number of para-hydroxylation sites is 1. The lowest BCUT2D eigenvalue weighted by molar-refractivity contribution is 0.102. The summed E-state index contributed by atoms with van der Waals surface area (Å²) in [6.07, 6.45) is 0. The predicted molar refractivity (Wildman–Crippen MR) is 138 cm³/mol. The largest absolute Gasteiger partial charge is 0.497 e. The summed E-state index contributed by atoms with van der Waals surface area (Å²) in [7, 11) is -2.40. The minimum absolute atomic E-state index is 0.0733. The lowest BCUT2D eigenvalue weighted by Crippen LogP contribution is -2.32. The van der Waals surface area contributed by atoms with Gasteiger partial charge >= 0.3 is 0 Å². The number of benzene rings is 4. The highest BCUT2D eigenvalue weighted by atomic mass is 32.2. The van der Waals surface area contributed by atoms with Crippen LogP contribution in [0.15, 0.2) is 108 Å². The zero-order valence-corrected chi connectivity index (χ0v) is 20.3. The number of methoxy groups -OCH3 is 1. The predicted octanol–water partition coefficient (Wildman–Crippen LogP) is 5.65. The number of amides is 1. The molecule has 4 rings (SSSR count). The van der Waals surface area contributed by atoms with Crippen molar-refractivity contribution in [1.29, 1.82) is 0 Å². The van der Waals surface area contributed by atoms with Crippen LogP contribution in [0.5, 0.6) is 5.75 Å². The molecule has 1 amide bonds. The maximum atomic E-state index is 13.8. The Labute approximate surface area is 205 Å². The molecule has 0 atom stereocenters. The maximum absolute atomic E-state index is 13.8. The minimum atomic E-state index is -3.97. The second-order valence-electron chi connectivity index (χ2n) is 8.01. The molecule has 6 nitrogen and oxygen atoms in total. The molecule has 178 valence electrons. The van der Waals surface area contributed by atoms with Gasteiger partial charge in [-0.1, -0.05) is 60.2 Å². The number of hydrogen-bond donors (Lipinski definition) is 1. The number of nitrogens with one attached hydrogen (secondary N) is 1. The van der Waals surface area contributed by atoms with Crippen LogP contribution >= 0.6 is 0 Å². The van der Waals surface area contributed by atoms with Crippen molar-refractivity contribution in [3.05, 3.63) is 120 Å². The SMILES string of the molecule is COc1ccc(NC(=O)c2ccccc2N(Cc2ccccc2)S(=O)(=O)c2ccc(C)cc2)cc1. The van der Waals surface area contributed by atoms with Gasteiger partial charge in [0.05, 0.1) is 29.8 Å². The molecule has 0 saturated carbocycles. The zero-order valence-electron chi connectivity index (χ0n) is 19.5. The van der Waals surface area contributed by atoms with Gasteiger partial charge in [-0.05, 0) is 61.0 Å². The number of ether oxygens (including phenoxy) is 1. The Bertz CT molecular complexity index is 1400. The molecule has 0 spiro atoms. The van der Waals surface area contributed by atoms with Gasteiger partial charge in [-0.3, -0.25) is 9.10 Å². The van der Waals surface area contributed by atoms with Crippen molar-refractivity contribution < 1.29 is 17.9 Å². The van der Waals surface area contributed by atoms with Crippen LogP contribution in [0.2, 0.25) is 0 Å². The van der Waals surface area contributed by atoms with Crippen LogP contribution < -0.4 is 14.4 Å². The van der Waals surface area contributed by atoms with Crippen molar-refractivity contribution in [3.63, 3.8) is 0 Å². The highest BCUT2D eigenvalue weighted by Gasteiger charge is 2.28. The second-order valence-corrected chi connectivity index (χ2v) is 9.87. The van der Waals surface area contributed by atoms with Crippen molar-refractivity contribution in [3.8, 4) is 5.75 Å². The average Bonchev–Trinajstić information content (AvgIpc) is 2.88. The molecule has 0 radical (unpaired) electrons. The van der Waals surface area contributed by atoms with Crippen LogP contribution in [0, 0.1) is 6.92 Å². The lowest BCUT2D eigenvalue weighted by Gasteiger charge is -2.26. The van der Waals surface area contributed by atoms with Gasteiger partial charge < -0.3 is 10.1 Å². The minimum Gasteiger partial charge on any atom is -0.497 e. The molecule has 0 aliphatic carbocycles. The van der Waals surface area contributed by atoms with E-state index < -0.39 is 15.9 Å². The molecule has 0 aliphatic rings. The van der Waals surface area contributed by atoms with E-state index in [1.54, 1.807) is 79.9 Å². The number of anilines is 2. The first kappa shape index (κ1) is 24.0. The number of nitrogens with zero attached hydrogens (tertiary/aromatic N) is 1. The van der Waals surface area contributed by atoms with Gasteiger partial charge in [-0.15, -0.1) is 0 Å². The van der Waals surface area contributed by atoms with Gasteiger partial charge in [-0.2, -0.15) is 0 Å². The second kappa shape index (κ2) is 10.4. The highest BCUT2D eigenvalue weighted by molar-refractivity contribution is 7.92. The van der Waals surface area contributed by atoms with Crippen molar-refractivity contribution in [2.45, 2.75) is 18.4 Å². The standard InChI is InChI=1S/C28H26N2O4S/c1-21-12-18-25(19-13-21)35(32,33)30(20-22-8-4-3-5-9-22)27-11-7-6-10-26(27)28(31)29-23-14-16-24(34-2)17-15-23/h3-19H,20H2,1-2H3,(H,29,31). The monoisotopic (exact) mass is 486 g/mol. The van der Waals surface area contributed by atoms with Gasteiger partial charge in [0.2, 0.25) is 0 Å². The van der Waals surface area contributed by atoms with Crippen LogP contribution in [0.25, 0.3) is 0 Å². The quantitative estimate of drug-likeness (QED) is 0.349. The Morgan fingerprint density at radius 1 is 0.829 bits per heavy atom. The van der Waals surface area contributed by atoms with E-state index in [9.17, 15) is 13.2 Å². The van der Waals surface area contributed by atoms with E-state index in [-0.39, 0.29) is 17.0 Å². The van der Waals surface area contributed by atoms with Crippen LogP contribution in [-0.4, -0.2) is 21.4 Å². The summed E-state index contributed by atoms with van der Waals surface area (Å²) in [5.74, 6) is 0.254. The summed E-state index contributed by atoms with van der Waals surface area (Å²) in [6.45, 7) is 1.97. The Hall–Kier alpha value is -4.10. The van der Waals surface area contributed by atoms with Crippen molar-refractivity contribution in [1.82, 2.24) is 0 Å². The molecule has 0 fully saturated rings. The van der Waals surface area contributed by atoms with E-state index in [4.69, 9.17) is 4.74 Å². The number of sulfonamides is 1. The molecule has 7 heteroatoms. The van der Waals surface area contributed by atoms with Gasteiger partial charge in [0.25, 0.3) is 15.9 Å². The van der Waals surface area contributed by atoms with Crippen LogP contribution in [0.3, 0.4) is 0 Å². The summed E-state index contributed by atoms with van der Waals surface area (Å²) in [5, 5.41) is 2.85. The third kappa shape index (κ3) is 5.53. The molecule has 0 aromatic heterocycles. The van der Waals surface area contributed by atoms with E-state index in [1.807, 2.05) is 37.3 Å². The average molecular weight is 487 g/mol. The van der Waals surface area contributed by atoms with Gasteiger partial charge in [0.1, 0.15) is 5.75 Å². The van der Waals surface area contributed by atoms with E-state index >= 15 is 0 Å². The first-order chi connectivity index (χ1) is 16.9. The van der Waals surface area contributed by atoms with Crippen molar-refractivity contribution >= 4 is 27.3 Å². The first-order valence-corrected chi connectivity index (χ1v) is 12.5. The summed E-state index contributed by atoms with van der Waals surface area (Å²) in [6, 6.07) is 29.6. The van der Waals surface area contributed by atoms with E-state index in [2.05, 4.69) is 5.32 Å².